The molecule has 0 radical (unpaired) electrons. The van der Waals surface area contributed by atoms with E-state index in [1.807, 2.05) is 0 Å². The van der Waals surface area contributed by atoms with Crippen LogP contribution in [0.1, 0.15) is 12.8 Å². The van der Waals surface area contributed by atoms with Crippen molar-refractivity contribution in [3.63, 3.8) is 0 Å². The second-order valence-electron chi connectivity index (χ2n) is 5.42. The molecule has 1 heterocycles. The van der Waals surface area contributed by atoms with Crippen molar-refractivity contribution in [2.24, 2.45) is 11.1 Å². The molecule has 1 saturated heterocycles. The molecule has 0 unspecified atom stereocenters. The zero-order valence-electron chi connectivity index (χ0n) is 11.7. The molecule has 0 saturated carbocycles. The van der Waals surface area contributed by atoms with Crippen molar-refractivity contribution in [3.8, 4) is 0 Å². The fourth-order valence-corrected chi connectivity index (χ4v) is 2.93. The van der Waals surface area contributed by atoms with Gasteiger partial charge in [-0.2, -0.15) is 0 Å². The number of piperidine rings is 1. The summed E-state index contributed by atoms with van der Waals surface area (Å²) < 4.78 is 22.7. The van der Waals surface area contributed by atoms with E-state index in [0.29, 0.717) is 17.3 Å². The first-order valence-corrected chi connectivity index (χ1v) is 8.25. The van der Waals surface area contributed by atoms with E-state index in [0.717, 1.165) is 32.5 Å². The van der Waals surface area contributed by atoms with Gasteiger partial charge >= 0.3 is 0 Å². The lowest BCUT2D eigenvalue weighted by Crippen LogP contribution is -2.33. The zero-order valence-corrected chi connectivity index (χ0v) is 12.5. The number of sulfonamides is 1. The topological polar surface area (TPSA) is 101 Å². The van der Waals surface area contributed by atoms with Gasteiger partial charge < -0.3 is 16.0 Å². The van der Waals surface area contributed by atoms with Gasteiger partial charge in [-0.05, 0) is 57.1 Å². The number of anilines is 2. The van der Waals surface area contributed by atoms with Crippen molar-refractivity contribution < 1.29 is 8.42 Å². The quantitative estimate of drug-likeness (QED) is 0.709. The van der Waals surface area contributed by atoms with Crippen molar-refractivity contribution in [2.75, 3.05) is 37.7 Å². The normalized spacial score (nSPS) is 18.1. The number of hydrogen-bond acceptors (Lipinski definition) is 5. The summed E-state index contributed by atoms with van der Waals surface area (Å²) >= 11 is 0. The minimum absolute atomic E-state index is 0.0811. The van der Waals surface area contributed by atoms with Gasteiger partial charge in [0.25, 0.3) is 0 Å². The molecule has 2 rings (SSSR count). The molecule has 7 heteroatoms. The third-order valence-electron chi connectivity index (χ3n) is 3.77. The Morgan fingerprint density at radius 3 is 2.60 bits per heavy atom. The van der Waals surface area contributed by atoms with Crippen molar-refractivity contribution in [1.29, 1.82) is 0 Å². The Labute approximate surface area is 120 Å². The average Bonchev–Trinajstić information content (AvgIpc) is 2.38. The molecule has 0 aromatic heterocycles. The van der Waals surface area contributed by atoms with Gasteiger partial charge in [-0.15, -0.1) is 0 Å². The molecule has 6 nitrogen and oxygen atoms in total. The van der Waals surface area contributed by atoms with E-state index < -0.39 is 10.0 Å². The average molecular weight is 298 g/mol. The Bertz CT molecular complexity index is 566. The Morgan fingerprint density at radius 2 is 2.00 bits per heavy atom. The lowest BCUT2D eigenvalue weighted by molar-refractivity contribution is 0.226. The van der Waals surface area contributed by atoms with Crippen molar-refractivity contribution in [1.82, 2.24) is 4.90 Å². The molecule has 0 bridgehead atoms. The van der Waals surface area contributed by atoms with Gasteiger partial charge in [0.2, 0.25) is 10.0 Å². The van der Waals surface area contributed by atoms with E-state index in [2.05, 4.69) is 17.3 Å². The largest absolute Gasteiger partial charge is 0.397 e. The summed E-state index contributed by atoms with van der Waals surface area (Å²) in [7, 11) is -1.57. The highest BCUT2D eigenvalue weighted by Gasteiger charge is 2.17. The Hall–Kier alpha value is -1.31. The van der Waals surface area contributed by atoms with Crippen LogP contribution in [0.4, 0.5) is 11.4 Å². The third kappa shape index (κ3) is 3.84. The standard InChI is InChI=1S/C13H22N4O2S/c1-17-6-4-10(5-7-17)9-16-13-8-11(20(15,18)19)2-3-12(13)14/h2-3,8,10,16H,4-7,9,14H2,1H3,(H2,15,18,19). The summed E-state index contributed by atoms with van der Waals surface area (Å²) in [5.41, 5.74) is 7.03. The highest BCUT2D eigenvalue weighted by molar-refractivity contribution is 7.89. The molecule has 1 fully saturated rings. The van der Waals surface area contributed by atoms with Gasteiger partial charge in [-0.3, -0.25) is 0 Å². The predicted octanol–water partition coefficient (Wildman–Crippen LogP) is 0.670. The van der Waals surface area contributed by atoms with E-state index in [-0.39, 0.29) is 4.90 Å². The number of likely N-dealkylation sites (tertiary alicyclic amines) is 1. The molecular formula is C13H22N4O2S. The van der Waals surface area contributed by atoms with Crippen LogP contribution in [0.3, 0.4) is 0 Å². The smallest absolute Gasteiger partial charge is 0.238 e. The molecule has 0 aliphatic carbocycles. The lowest BCUT2D eigenvalue weighted by atomic mass is 9.97. The number of nitrogens with zero attached hydrogens (tertiary/aromatic N) is 1. The number of benzene rings is 1. The highest BCUT2D eigenvalue weighted by Crippen LogP contribution is 2.24. The molecule has 1 aromatic carbocycles. The molecule has 1 aliphatic rings. The highest BCUT2D eigenvalue weighted by atomic mass is 32.2. The van der Waals surface area contributed by atoms with Gasteiger partial charge in [-0.1, -0.05) is 0 Å². The van der Waals surface area contributed by atoms with Gasteiger partial charge in [-0.25, -0.2) is 13.6 Å². The Morgan fingerprint density at radius 1 is 1.35 bits per heavy atom. The van der Waals surface area contributed by atoms with Crippen LogP contribution in [0, 0.1) is 5.92 Å². The van der Waals surface area contributed by atoms with Crippen molar-refractivity contribution in [2.45, 2.75) is 17.7 Å². The third-order valence-corrected chi connectivity index (χ3v) is 4.68. The Balaban J connectivity index is 2.02. The van der Waals surface area contributed by atoms with E-state index in [4.69, 9.17) is 10.9 Å². The van der Waals surface area contributed by atoms with E-state index in [1.165, 1.54) is 12.1 Å². The van der Waals surface area contributed by atoms with Crippen LogP contribution in [0.2, 0.25) is 0 Å². The van der Waals surface area contributed by atoms with Gasteiger partial charge in [0.15, 0.2) is 0 Å². The fraction of sp³-hybridized carbons (Fsp3) is 0.538. The van der Waals surface area contributed by atoms with Crippen LogP contribution in [-0.4, -0.2) is 40.0 Å². The molecule has 1 aliphatic heterocycles. The second-order valence-corrected chi connectivity index (χ2v) is 6.98. The number of nitrogen functional groups attached to an aromatic ring is 1. The van der Waals surface area contributed by atoms with Gasteiger partial charge in [0.05, 0.1) is 16.3 Å². The maximum atomic E-state index is 11.3. The van der Waals surface area contributed by atoms with Crippen LogP contribution in [0.25, 0.3) is 0 Å². The maximum absolute atomic E-state index is 11.3. The summed E-state index contributed by atoms with van der Waals surface area (Å²) in [6, 6.07) is 4.49. The number of primary sulfonamides is 1. The molecule has 112 valence electrons. The molecule has 5 N–H and O–H groups in total. The first-order chi connectivity index (χ1) is 9.36. The summed E-state index contributed by atoms with van der Waals surface area (Å²) in [6.07, 6.45) is 2.27. The molecule has 0 spiro atoms. The monoisotopic (exact) mass is 298 g/mol. The first kappa shape index (κ1) is 15.1. The lowest BCUT2D eigenvalue weighted by Gasteiger charge is -2.29. The molecule has 0 amide bonds. The van der Waals surface area contributed by atoms with E-state index >= 15 is 0 Å². The van der Waals surface area contributed by atoms with E-state index in [9.17, 15) is 8.42 Å². The van der Waals surface area contributed by atoms with Crippen molar-refractivity contribution >= 4 is 21.4 Å². The number of nitrogens with one attached hydrogen (secondary N) is 1. The van der Waals surface area contributed by atoms with Crippen LogP contribution in [0.5, 0.6) is 0 Å². The minimum atomic E-state index is -3.69. The number of nitrogens with two attached hydrogens (primary N) is 2. The van der Waals surface area contributed by atoms with E-state index in [1.54, 1.807) is 6.07 Å². The molecule has 20 heavy (non-hydrogen) atoms. The first-order valence-electron chi connectivity index (χ1n) is 6.71. The van der Waals surface area contributed by atoms with Gasteiger partial charge in [0, 0.05) is 6.54 Å². The van der Waals surface area contributed by atoms with Crippen LogP contribution < -0.4 is 16.2 Å². The maximum Gasteiger partial charge on any atom is 0.238 e. The number of hydrogen-bond donors (Lipinski definition) is 3. The van der Waals surface area contributed by atoms with Crippen molar-refractivity contribution in [3.05, 3.63) is 18.2 Å². The zero-order chi connectivity index (χ0) is 14.8. The van der Waals surface area contributed by atoms with Crippen LogP contribution >= 0.6 is 0 Å². The van der Waals surface area contributed by atoms with Crippen LogP contribution in [0.15, 0.2) is 23.1 Å². The minimum Gasteiger partial charge on any atom is -0.397 e. The SMILES string of the molecule is CN1CCC(CNc2cc(S(N)(=O)=O)ccc2N)CC1. The summed E-state index contributed by atoms with van der Waals surface area (Å²) in [5.74, 6) is 0.587. The van der Waals surface area contributed by atoms with Crippen LogP contribution in [-0.2, 0) is 10.0 Å². The summed E-state index contributed by atoms with van der Waals surface area (Å²) in [5, 5.41) is 8.37. The Kier molecular flexibility index (Phi) is 4.52. The molecule has 0 atom stereocenters. The second kappa shape index (κ2) is 5.99. The fourth-order valence-electron chi connectivity index (χ4n) is 2.39. The summed E-state index contributed by atoms with van der Waals surface area (Å²) in [6.45, 7) is 2.99. The predicted molar refractivity (Wildman–Crippen MR) is 80.9 cm³/mol. The van der Waals surface area contributed by atoms with Gasteiger partial charge in [0.1, 0.15) is 0 Å². The summed E-state index contributed by atoms with van der Waals surface area (Å²) in [4.78, 5) is 2.39. The molecule has 1 aromatic rings. The molecular weight excluding hydrogens is 276 g/mol. The number of rotatable bonds is 4.